The predicted octanol–water partition coefficient (Wildman–Crippen LogP) is 9.27. The number of benzene rings is 3. The van der Waals surface area contributed by atoms with E-state index in [1.54, 1.807) is 17.4 Å². The molecule has 1 spiro atoms. The zero-order valence-electron chi connectivity index (χ0n) is 36.1. The van der Waals surface area contributed by atoms with Crippen LogP contribution in [0.5, 0.6) is 10.9 Å². The van der Waals surface area contributed by atoms with Crippen LogP contribution in [-0.2, 0) is 24.2 Å². The monoisotopic (exact) mass is 857 g/mol. The van der Waals surface area contributed by atoms with Crippen LogP contribution < -0.4 is 9.47 Å². The summed E-state index contributed by atoms with van der Waals surface area (Å²) in [5, 5.41) is 15.3. The Morgan fingerprint density at radius 3 is 2.48 bits per heavy atom. The van der Waals surface area contributed by atoms with Crippen molar-refractivity contribution >= 4 is 38.8 Å². The van der Waals surface area contributed by atoms with Gasteiger partial charge in [-0.25, -0.2) is 9.37 Å². The summed E-state index contributed by atoms with van der Waals surface area (Å²) in [4.78, 5) is 29.3. The first-order chi connectivity index (χ1) is 28.6. The highest BCUT2D eigenvalue weighted by atomic mass is 32.1. The van der Waals surface area contributed by atoms with Crippen molar-refractivity contribution in [1.29, 1.82) is 0 Å². The van der Waals surface area contributed by atoms with E-state index < -0.39 is 11.7 Å². The Labute approximate surface area is 362 Å². The van der Waals surface area contributed by atoms with E-state index in [-0.39, 0.29) is 23.4 Å². The second-order valence-electron chi connectivity index (χ2n) is 17.9. The molecule has 2 aromatic heterocycles. The molecule has 0 saturated carbocycles. The van der Waals surface area contributed by atoms with Crippen molar-refractivity contribution < 1.29 is 28.5 Å². The number of halogens is 1. The molecule has 0 bridgehead atoms. The third-order valence-electron chi connectivity index (χ3n) is 11.1. The summed E-state index contributed by atoms with van der Waals surface area (Å²) in [5.41, 5.74) is 4.01. The molecule has 0 aliphatic carbocycles. The second-order valence-corrected chi connectivity index (χ2v) is 19.7. The van der Waals surface area contributed by atoms with Gasteiger partial charge in [-0.15, -0.1) is 11.3 Å². The SMILES string of the molecule is CC(C)Oc1nc2c(OC(C)(C)C)ccc(C(O)CN(CCc3cc(CN4CCC5(CC4)CN(C(=O)c4csc(C(C)C)n4)CCO5)ccc3F)Cc3ccccc3)c2s1. The summed E-state index contributed by atoms with van der Waals surface area (Å²) < 4.78 is 35.0. The minimum atomic E-state index is -0.839. The largest absolute Gasteiger partial charge is 0.486 e. The summed E-state index contributed by atoms with van der Waals surface area (Å²) in [5.74, 6) is 0.706. The number of carbonyl (C=O) groups excluding carboxylic acids is 1. The van der Waals surface area contributed by atoms with Crippen LogP contribution in [-0.4, -0.2) is 98.9 Å². The molecule has 7 rings (SSSR count). The van der Waals surface area contributed by atoms with Crippen molar-refractivity contribution in [2.75, 3.05) is 45.9 Å². The molecule has 13 heteroatoms. The molecule has 1 N–H and O–H groups in total. The van der Waals surface area contributed by atoms with E-state index in [2.05, 4.69) is 40.8 Å². The highest BCUT2D eigenvalue weighted by molar-refractivity contribution is 7.20. The van der Waals surface area contributed by atoms with Crippen molar-refractivity contribution in [3.63, 3.8) is 0 Å². The zero-order chi connectivity index (χ0) is 42.6. The second kappa shape index (κ2) is 19.0. The third kappa shape index (κ3) is 11.1. The first kappa shape index (κ1) is 44.1. The van der Waals surface area contributed by atoms with Gasteiger partial charge < -0.3 is 24.2 Å². The van der Waals surface area contributed by atoms with Crippen LogP contribution in [0, 0.1) is 5.82 Å². The van der Waals surface area contributed by atoms with Gasteiger partial charge in [0.2, 0.25) is 0 Å². The Kier molecular flexibility index (Phi) is 13.9. The minimum Gasteiger partial charge on any atom is -0.486 e. The molecule has 1 unspecified atom stereocenters. The fraction of sp³-hybridized carbons (Fsp3) is 0.511. The van der Waals surface area contributed by atoms with Crippen LogP contribution in [0.4, 0.5) is 4.39 Å². The van der Waals surface area contributed by atoms with Gasteiger partial charge in [-0.2, -0.15) is 4.98 Å². The van der Waals surface area contributed by atoms with Crippen LogP contribution in [0.15, 0.2) is 66.0 Å². The average Bonchev–Trinajstić information content (AvgIpc) is 3.87. The number of carbonyl (C=O) groups is 1. The Hall–Kier alpha value is -3.98. The van der Waals surface area contributed by atoms with Crippen LogP contribution in [0.1, 0.15) is 111 Å². The van der Waals surface area contributed by atoms with E-state index in [9.17, 15) is 9.90 Å². The van der Waals surface area contributed by atoms with Gasteiger partial charge in [-0.05, 0) is 82.7 Å². The zero-order valence-corrected chi connectivity index (χ0v) is 37.7. The van der Waals surface area contributed by atoms with Gasteiger partial charge in [0.05, 0.1) is 40.7 Å². The van der Waals surface area contributed by atoms with Crippen molar-refractivity contribution in [2.45, 2.75) is 110 Å². The number of fused-ring (bicyclic) bond motifs is 1. The lowest BCUT2D eigenvalue weighted by atomic mass is 9.89. The van der Waals surface area contributed by atoms with Crippen LogP contribution in [0.25, 0.3) is 10.2 Å². The topological polar surface area (TPSA) is 100 Å². The fourth-order valence-corrected chi connectivity index (χ4v) is 9.96. The highest BCUT2D eigenvalue weighted by Gasteiger charge is 2.41. The number of likely N-dealkylation sites (tertiary alicyclic amines) is 1. The number of amides is 1. The molecule has 4 heterocycles. The molecule has 2 saturated heterocycles. The number of aliphatic hydroxyl groups is 1. The van der Waals surface area contributed by atoms with E-state index in [0.29, 0.717) is 85.9 Å². The average molecular weight is 858 g/mol. The maximum Gasteiger partial charge on any atom is 0.274 e. The smallest absolute Gasteiger partial charge is 0.274 e. The Balaban J connectivity index is 1.01. The number of rotatable bonds is 15. The molecular formula is C47H60FN5O5S2. The predicted molar refractivity (Wildman–Crippen MR) is 238 cm³/mol. The lowest BCUT2D eigenvalue weighted by Gasteiger charge is -2.47. The number of ether oxygens (including phenoxy) is 3. The van der Waals surface area contributed by atoms with Gasteiger partial charge >= 0.3 is 0 Å². The van der Waals surface area contributed by atoms with Gasteiger partial charge in [0, 0.05) is 62.7 Å². The number of nitrogens with zero attached hydrogens (tertiary/aromatic N) is 5. The van der Waals surface area contributed by atoms with E-state index in [4.69, 9.17) is 19.2 Å². The highest BCUT2D eigenvalue weighted by Crippen LogP contribution is 2.40. The van der Waals surface area contributed by atoms with Crippen LogP contribution >= 0.6 is 22.7 Å². The molecule has 60 heavy (non-hydrogen) atoms. The number of thiazole rings is 2. The van der Waals surface area contributed by atoms with Gasteiger partial charge in [-0.1, -0.05) is 73.7 Å². The lowest BCUT2D eigenvalue weighted by Crippen LogP contribution is -2.58. The standard InChI is InChI=1S/C47H60FN5O5S2/c1-31(2)43-49-38(29-59-43)44(55)53-23-24-56-47(30-53)18-21-51(22-19-47)27-34-13-15-37(48)35(25-34)17-20-52(26-33-11-9-8-10-12-33)28-39(54)36-14-16-40(58-46(5,6)7)41-42(36)60-45(50-41)57-32(3)4/h8-16,25,29,31-32,39,54H,17-24,26-28,30H2,1-7H3. The number of aromatic nitrogens is 2. The number of morpholine rings is 1. The fourth-order valence-electron chi connectivity index (χ4n) is 8.04. The molecule has 2 aliphatic rings. The van der Waals surface area contributed by atoms with Gasteiger partial charge in [0.1, 0.15) is 28.4 Å². The maximum atomic E-state index is 15.5. The van der Waals surface area contributed by atoms with Crippen molar-refractivity contribution in [2.24, 2.45) is 0 Å². The molecule has 0 radical (unpaired) electrons. The summed E-state index contributed by atoms with van der Waals surface area (Å²) in [6.45, 7) is 19.6. The Morgan fingerprint density at radius 2 is 1.78 bits per heavy atom. The normalized spacial score (nSPS) is 16.7. The lowest BCUT2D eigenvalue weighted by molar-refractivity contribution is -0.128. The molecule has 2 fully saturated rings. The van der Waals surface area contributed by atoms with E-state index in [1.165, 1.54) is 11.3 Å². The van der Waals surface area contributed by atoms with Gasteiger partial charge in [-0.3, -0.25) is 14.6 Å². The number of hydrogen-bond acceptors (Lipinski definition) is 11. The molecule has 5 aromatic rings. The number of aliphatic hydroxyl groups excluding tert-OH is 1. The summed E-state index contributed by atoms with van der Waals surface area (Å²) in [6, 6.07) is 19.5. The molecule has 10 nitrogen and oxygen atoms in total. The van der Waals surface area contributed by atoms with Crippen molar-refractivity contribution in [3.8, 4) is 10.9 Å². The quantitative estimate of drug-likeness (QED) is 0.111. The third-order valence-corrected chi connectivity index (χ3v) is 13.2. The first-order valence-electron chi connectivity index (χ1n) is 21.3. The molecule has 1 atom stereocenters. The first-order valence-corrected chi connectivity index (χ1v) is 22.9. The summed E-state index contributed by atoms with van der Waals surface area (Å²) >= 11 is 2.97. The number of piperidine rings is 1. The van der Waals surface area contributed by atoms with Crippen molar-refractivity contribution in [3.05, 3.63) is 105 Å². The van der Waals surface area contributed by atoms with E-state index >= 15 is 4.39 Å². The van der Waals surface area contributed by atoms with Gasteiger partial charge in [0.15, 0.2) is 0 Å². The summed E-state index contributed by atoms with van der Waals surface area (Å²) in [7, 11) is 0. The van der Waals surface area contributed by atoms with Crippen LogP contribution in [0.2, 0.25) is 0 Å². The van der Waals surface area contributed by atoms with Gasteiger partial charge in [0.25, 0.3) is 11.1 Å². The van der Waals surface area contributed by atoms with E-state index in [0.717, 1.165) is 52.3 Å². The molecular weight excluding hydrogens is 798 g/mol. The Bertz CT molecular complexity index is 2210. The van der Waals surface area contributed by atoms with Crippen molar-refractivity contribution in [1.82, 2.24) is 24.7 Å². The maximum absolute atomic E-state index is 15.5. The van der Waals surface area contributed by atoms with Crippen LogP contribution in [0.3, 0.4) is 0 Å². The minimum absolute atomic E-state index is 0.0118. The Morgan fingerprint density at radius 1 is 1.02 bits per heavy atom. The molecule has 3 aromatic carbocycles. The number of hydrogen-bond donors (Lipinski definition) is 1. The molecule has 1 amide bonds. The molecule has 2 aliphatic heterocycles. The van der Waals surface area contributed by atoms with E-state index in [1.807, 2.05) is 87.4 Å². The summed E-state index contributed by atoms with van der Waals surface area (Å²) in [6.07, 6.45) is 1.24. The molecule has 322 valence electrons.